The van der Waals surface area contributed by atoms with Crippen molar-refractivity contribution in [2.24, 2.45) is 0 Å². The molecule has 0 aliphatic heterocycles. The van der Waals surface area contributed by atoms with Crippen LogP contribution in [0.5, 0.6) is 11.5 Å². The average Bonchev–Trinajstić information content (AvgIpc) is 2.98. The van der Waals surface area contributed by atoms with E-state index in [0.717, 1.165) is 36.8 Å². The highest BCUT2D eigenvalue weighted by atomic mass is 79.9. The molecule has 0 radical (unpaired) electrons. The Kier molecular flexibility index (Phi) is 18.1. The second kappa shape index (κ2) is 21.0. The minimum atomic E-state index is -0.554. The summed E-state index contributed by atoms with van der Waals surface area (Å²) < 4.78 is 21.2. The predicted octanol–water partition coefficient (Wildman–Crippen LogP) is 8.38. The molecule has 0 aliphatic carbocycles. The van der Waals surface area contributed by atoms with Crippen molar-refractivity contribution in [3.8, 4) is 11.5 Å². The Morgan fingerprint density at radius 3 is 1.74 bits per heavy atom. The lowest BCUT2D eigenvalue weighted by molar-refractivity contribution is -0.140. The summed E-state index contributed by atoms with van der Waals surface area (Å²) in [5, 5.41) is 0.952. The van der Waals surface area contributed by atoms with Crippen LogP contribution in [0.1, 0.15) is 59.3 Å². The number of hydrogen-bond donors (Lipinski definition) is 0. The molecule has 0 bridgehead atoms. The highest BCUT2D eigenvalue weighted by Gasteiger charge is 2.21. The molecule has 0 saturated carbocycles. The zero-order chi connectivity index (χ0) is 31.2. The number of amides is 1. The van der Waals surface area contributed by atoms with E-state index >= 15 is 0 Å². The first kappa shape index (κ1) is 36.3. The van der Waals surface area contributed by atoms with Gasteiger partial charge in [0.15, 0.2) is 11.4 Å². The fourth-order valence-corrected chi connectivity index (χ4v) is 3.62. The predicted molar refractivity (Wildman–Crippen MR) is 168 cm³/mol. The number of carbonyl (C=O) groups is 2. The van der Waals surface area contributed by atoms with Crippen LogP contribution in [0.25, 0.3) is 9.69 Å². The van der Waals surface area contributed by atoms with Crippen LogP contribution in [0, 0.1) is 13.1 Å². The highest BCUT2D eigenvalue weighted by molar-refractivity contribution is 9.09. The first-order chi connectivity index (χ1) is 20.1. The van der Waals surface area contributed by atoms with E-state index in [1.165, 1.54) is 7.11 Å². The van der Waals surface area contributed by atoms with Crippen LogP contribution >= 0.6 is 15.9 Å². The zero-order valence-corrected chi connectivity index (χ0v) is 26.7. The van der Waals surface area contributed by atoms with Crippen molar-refractivity contribution in [1.29, 1.82) is 0 Å². The maximum Gasteiger partial charge on any atom is 0.410 e. The first-order valence-electron chi connectivity index (χ1n) is 13.9. The molecule has 2 aromatic carbocycles. The van der Waals surface area contributed by atoms with Gasteiger partial charge in [-0.2, -0.15) is 0 Å². The van der Waals surface area contributed by atoms with Gasteiger partial charge < -0.3 is 23.8 Å². The third-order valence-corrected chi connectivity index (χ3v) is 6.07. The van der Waals surface area contributed by atoms with Crippen molar-refractivity contribution in [3.63, 3.8) is 0 Å². The quantitative estimate of drug-likeness (QED) is 0.0839. The fraction of sp³-hybridized carbons (Fsp3) is 0.500. The van der Waals surface area contributed by atoms with Gasteiger partial charge in [0.2, 0.25) is 0 Å². The summed E-state index contributed by atoms with van der Waals surface area (Å²) in [4.78, 5) is 32.0. The Balaban J connectivity index is 0.000000563. The summed E-state index contributed by atoms with van der Waals surface area (Å²) in [7, 11) is 1.38. The van der Waals surface area contributed by atoms with Crippen LogP contribution in [-0.2, 0) is 14.3 Å². The SMILES string of the molecule is [C-]#[N+]c1ccc(OCCCBr)cc1.[C-]#[N+]c1ccc(OCCCN(CCCCCC(=O)OC)C(=O)OC(C)(C)C)cc1. The minimum absolute atomic E-state index is 0.212. The third kappa shape index (κ3) is 17.1. The number of benzene rings is 2. The number of alkyl halides is 1. The van der Waals surface area contributed by atoms with E-state index in [0.29, 0.717) is 56.3 Å². The van der Waals surface area contributed by atoms with Gasteiger partial charge >= 0.3 is 12.1 Å². The van der Waals surface area contributed by atoms with E-state index in [-0.39, 0.29) is 12.1 Å². The molecule has 0 fully saturated rings. The maximum absolute atomic E-state index is 12.5. The Morgan fingerprint density at radius 2 is 1.29 bits per heavy atom. The van der Waals surface area contributed by atoms with Crippen molar-refractivity contribution in [1.82, 2.24) is 4.90 Å². The number of rotatable bonds is 15. The molecule has 0 aliphatic rings. The number of carbonyl (C=O) groups excluding carboxylic acids is 2. The van der Waals surface area contributed by atoms with Gasteiger partial charge in [-0.05, 0) is 70.7 Å². The van der Waals surface area contributed by atoms with Crippen LogP contribution in [0.15, 0.2) is 48.5 Å². The molecule has 0 N–H and O–H groups in total. The minimum Gasteiger partial charge on any atom is -0.494 e. The standard InChI is InChI=1S/C22H32N2O5.C10H10BrNO/c1-22(2,3)29-21(26)24(15-8-6-7-10-20(25)27-5)16-9-17-28-19-13-11-18(23-4)12-14-19;1-12-9-3-5-10(6-4-9)13-8-2-7-11/h11-14H,6-10,15-17H2,1-3,5H3;3-6H,2,7-8H2. The lowest BCUT2D eigenvalue weighted by atomic mass is 10.2. The molecule has 10 heteroatoms. The van der Waals surface area contributed by atoms with Crippen molar-refractivity contribution in [2.45, 2.75) is 64.9 Å². The molecule has 2 rings (SSSR count). The number of halogens is 1. The highest BCUT2D eigenvalue weighted by Crippen LogP contribution is 2.19. The summed E-state index contributed by atoms with van der Waals surface area (Å²) in [5.74, 6) is 1.31. The molecule has 9 nitrogen and oxygen atoms in total. The normalized spacial score (nSPS) is 10.3. The summed E-state index contributed by atoms with van der Waals surface area (Å²) >= 11 is 3.33. The lowest BCUT2D eigenvalue weighted by Gasteiger charge is -2.27. The van der Waals surface area contributed by atoms with E-state index < -0.39 is 5.60 Å². The van der Waals surface area contributed by atoms with E-state index in [2.05, 4.69) is 30.4 Å². The van der Waals surface area contributed by atoms with Crippen LogP contribution in [0.4, 0.5) is 16.2 Å². The number of nitrogens with zero attached hydrogens (tertiary/aromatic N) is 3. The molecular weight excluding hydrogens is 602 g/mol. The molecule has 0 aromatic heterocycles. The van der Waals surface area contributed by atoms with Crippen LogP contribution in [0.3, 0.4) is 0 Å². The molecular formula is C32H42BrN3O6. The van der Waals surface area contributed by atoms with Crippen LogP contribution in [0.2, 0.25) is 0 Å². The van der Waals surface area contributed by atoms with Gasteiger partial charge in [0.25, 0.3) is 0 Å². The molecule has 0 unspecified atom stereocenters. The molecule has 0 spiro atoms. The van der Waals surface area contributed by atoms with E-state index in [4.69, 9.17) is 27.4 Å². The Hall–Kier alpha value is -3.76. The number of methoxy groups -OCH3 is 1. The fourth-order valence-electron chi connectivity index (χ4n) is 3.40. The lowest BCUT2D eigenvalue weighted by Crippen LogP contribution is -2.38. The van der Waals surface area contributed by atoms with E-state index in [1.807, 2.05) is 32.9 Å². The van der Waals surface area contributed by atoms with Crippen LogP contribution in [-0.4, -0.2) is 61.3 Å². The van der Waals surface area contributed by atoms with Crippen molar-refractivity contribution in [2.75, 3.05) is 38.7 Å². The smallest absolute Gasteiger partial charge is 0.410 e. The largest absolute Gasteiger partial charge is 0.494 e. The van der Waals surface area contributed by atoms with Gasteiger partial charge in [0.1, 0.15) is 17.1 Å². The Bertz CT molecular complexity index is 1140. The van der Waals surface area contributed by atoms with Crippen molar-refractivity contribution in [3.05, 3.63) is 71.4 Å². The molecule has 228 valence electrons. The Labute approximate surface area is 258 Å². The number of hydrogen-bond acceptors (Lipinski definition) is 6. The summed E-state index contributed by atoms with van der Waals surface area (Å²) in [6.07, 6.45) is 4.05. The second-order valence-corrected chi connectivity index (χ2v) is 11.0. The Morgan fingerprint density at radius 1 is 0.786 bits per heavy atom. The molecule has 0 saturated heterocycles. The van der Waals surface area contributed by atoms with Crippen molar-refractivity contribution < 1.29 is 28.5 Å². The third-order valence-electron chi connectivity index (χ3n) is 5.51. The molecule has 1 amide bonds. The van der Waals surface area contributed by atoms with E-state index in [1.54, 1.807) is 41.3 Å². The molecule has 0 heterocycles. The molecule has 0 atom stereocenters. The first-order valence-corrected chi connectivity index (χ1v) is 15.0. The van der Waals surface area contributed by atoms with Gasteiger partial charge in [-0.25, -0.2) is 14.5 Å². The average molecular weight is 645 g/mol. The van der Waals surface area contributed by atoms with Gasteiger partial charge in [0.05, 0.1) is 33.5 Å². The van der Waals surface area contributed by atoms with Gasteiger partial charge in [-0.1, -0.05) is 46.6 Å². The van der Waals surface area contributed by atoms with Gasteiger partial charge in [-0.3, -0.25) is 4.79 Å². The number of esters is 1. The van der Waals surface area contributed by atoms with Gasteiger partial charge in [0, 0.05) is 24.8 Å². The second-order valence-electron chi connectivity index (χ2n) is 10.2. The number of unbranched alkanes of at least 4 members (excludes halogenated alkanes) is 2. The van der Waals surface area contributed by atoms with Crippen molar-refractivity contribution >= 4 is 39.4 Å². The monoisotopic (exact) mass is 643 g/mol. The summed E-state index contributed by atoms with van der Waals surface area (Å²) in [6.45, 7) is 21.5. The zero-order valence-electron chi connectivity index (χ0n) is 25.1. The van der Waals surface area contributed by atoms with E-state index in [9.17, 15) is 9.59 Å². The summed E-state index contributed by atoms with van der Waals surface area (Å²) in [5.41, 5.74) is 0.662. The topological polar surface area (TPSA) is 83.0 Å². The maximum atomic E-state index is 12.5. The molecule has 42 heavy (non-hydrogen) atoms. The number of ether oxygens (including phenoxy) is 4. The van der Waals surface area contributed by atoms with Gasteiger partial charge in [-0.15, -0.1) is 0 Å². The van der Waals surface area contributed by atoms with Crippen LogP contribution < -0.4 is 9.47 Å². The summed E-state index contributed by atoms with van der Waals surface area (Å²) in [6, 6.07) is 14.1. The molecule has 2 aromatic rings.